The van der Waals surface area contributed by atoms with E-state index in [9.17, 15) is 9.59 Å². The van der Waals surface area contributed by atoms with Crippen molar-refractivity contribution in [3.63, 3.8) is 0 Å². The molecule has 0 aliphatic carbocycles. The summed E-state index contributed by atoms with van der Waals surface area (Å²) in [6.45, 7) is 11.2. The van der Waals surface area contributed by atoms with Crippen molar-refractivity contribution in [3.8, 4) is 0 Å². The van der Waals surface area contributed by atoms with Gasteiger partial charge in [0.25, 0.3) is 0 Å². The van der Waals surface area contributed by atoms with Gasteiger partial charge >= 0.3 is 12.2 Å². The molecule has 0 bridgehead atoms. The van der Waals surface area contributed by atoms with Crippen LogP contribution in [0.25, 0.3) is 0 Å². The van der Waals surface area contributed by atoms with E-state index in [1.54, 1.807) is 59.7 Å². The van der Waals surface area contributed by atoms with Crippen LogP contribution in [0, 0.1) is 0 Å². The molecule has 0 saturated carbocycles. The Balaban J connectivity index is 2.24. The Morgan fingerprint density at radius 3 is 1.89 bits per heavy atom. The van der Waals surface area contributed by atoms with Crippen molar-refractivity contribution >= 4 is 35.4 Å². The van der Waals surface area contributed by atoms with Gasteiger partial charge in [0, 0.05) is 10.0 Å². The number of amides is 2. The molecule has 1 fully saturated rings. The van der Waals surface area contributed by atoms with E-state index in [-0.39, 0.29) is 13.1 Å². The van der Waals surface area contributed by atoms with Crippen molar-refractivity contribution in [3.05, 3.63) is 33.8 Å². The lowest BCUT2D eigenvalue weighted by Gasteiger charge is -2.50. The van der Waals surface area contributed by atoms with Gasteiger partial charge in [0.05, 0.1) is 13.1 Å². The molecule has 1 aliphatic heterocycles. The summed E-state index contributed by atoms with van der Waals surface area (Å²) in [5, 5.41) is 3.76. The van der Waals surface area contributed by atoms with Crippen LogP contribution in [0.4, 0.5) is 9.59 Å². The standard InChI is InChI=1S/C19H26Cl2N2O4/c1-17(2,3)26-15(24)22-19(12-7-13(20)9-14(21)8-12)10-23(11-19)16(25)27-18(4,5)6/h7-9H,10-11H2,1-6H3,(H,22,24). The molecule has 150 valence electrons. The molecule has 6 nitrogen and oxygen atoms in total. The zero-order valence-corrected chi connectivity index (χ0v) is 18.0. The minimum absolute atomic E-state index is 0.220. The Hall–Kier alpha value is -1.66. The molecule has 1 aromatic rings. The first kappa shape index (κ1) is 21.6. The van der Waals surface area contributed by atoms with Crippen molar-refractivity contribution in [2.45, 2.75) is 58.3 Å². The van der Waals surface area contributed by atoms with E-state index < -0.39 is 28.9 Å². The van der Waals surface area contributed by atoms with Crippen LogP contribution in [0.5, 0.6) is 0 Å². The molecule has 8 heteroatoms. The van der Waals surface area contributed by atoms with E-state index in [4.69, 9.17) is 32.7 Å². The summed E-state index contributed by atoms with van der Waals surface area (Å²) in [5.41, 5.74) is -1.40. The van der Waals surface area contributed by atoms with Gasteiger partial charge in [0.15, 0.2) is 0 Å². The summed E-state index contributed by atoms with van der Waals surface area (Å²) in [7, 11) is 0. The van der Waals surface area contributed by atoms with E-state index >= 15 is 0 Å². The lowest BCUT2D eigenvalue weighted by molar-refractivity contribution is -0.0229. The average molecular weight is 417 g/mol. The number of carbonyl (C=O) groups excluding carboxylic acids is 2. The van der Waals surface area contributed by atoms with Crippen LogP contribution in [-0.4, -0.2) is 41.4 Å². The van der Waals surface area contributed by atoms with Crippen LogP contribution < -0.4 is 5.32 Å². The second kappa shape index (κ2) is 7.40. The number of hydrogen-bond acceptors (Lipinski definition) is 4. The molecular formula is C19H26Cl2N2O4. The van der Waals surface area contributed by atoms with Gasteiger partial charge in [-0.2, -0.15) is 0 Å². The number of likely N-dealkylation sites (tertiary alicyclic amines) is 1. The molecule has 0 atom stereocenters. The predicted octanol–water partition coefficient (Wildman–Crippen LogP) is 4.96. The first-order chi connectivity index (χ1) is 12.2. The Labute approximate surface area is 170 Å². The molecular weight excluding hydrogens is 391 g/mol. The van der Waals surface area contributed by atoms with E-state index in [1.807, 2.05) is 0 Å². The minimum atomic E-state index is -0.853. The molecule has 0 unspecified atom stereocenters. The maximum atomic E-state index is 12.4. The van der Waals surface area contributed by atoms with Gasteiger partial charge in [-0.25, -0.2) is 9.59 Å². The fourth-order valence-electron chi connectivity index (χ4n) is 2.72. The number of carbonyl (C=O) groups is 2. The topological polar surface area (TPSA) is 67.9 Å². The lowest BCUT2D eigenvalue weighted by atomic mass is 9.82. The van der Waals surface area contributed by atoms with Crippen LogP contribution in [0.1, 0.15) is 47.1 Å². The predicted molar refractivity (Wildman–Crippen MR) is 105 cm³/mol. The number of ether oxygens (including phenoxy) is 2. The molecule has 0 radical (unpaired) electrons. The lowest BCUT2D eigenvalue weighted by Crippen LogP contribution is -2.69. The van der Waals surface area contributed by atoms with Crippen molar-refractivity contribution < 1.29 is 19.1 Å². The number of alkyl carbamates (subject to hydrolysis) is 1. The van der Waals surface area contributed by atoms with Crippen molar-refractivity contribution in [2.75, 3.05) is 13.1 Å². The van der Waals surface area contributed by atoms with Gasteiger partial charge in [0.1, 0.15) is 16.7 Å². The largest absolute Gasteiger partial charge is 0.444 e. The SMILES string of the molecule is CC(C)(C)OC(=O)NC1(c2cc(Cl)cc(Cl)c2)CN(C(=O)OC(C)(C)C)C1. The van der Waals surface area contributed by atoms with Crippen LogP contribution in [-0.2, 0) is 15.0 Å². The second-order valence-corrected chi connectivity index (χ2v) is 9.58. The summed E-state index contributed by atoms with van der Waals surface area (Å²) in [5.74, 6) is 0. The molecule has 27 heavy (non-hydrogen) atoms. The van der Waals surface area contributed by atoms with Gasteiger partial charge in [-0.1, -0.05) is 23.2 Å². The number of benzene rings is 1. The molecule has 2 amide bonds. The monoisotopic (exact) mass is 416 g/mol. The van der Waals surface area contributed by atoms with Gasteiger partial charge in [0.2, 0.25) is 0 Å². The number of halogens is 2. The molecule has 1 aliphatic rings. The highest BCUT2D eigenvalue weighted by molar-refractivity contribution is 6.34. The molecule has 0 spiro atoms. The van der Waals surface area contributed by atoms with Crippen LogP contribution >= 0.6 is 23.2 Å². The van der Waals surface area contributed by atoms with E-state index in [0.717, 1.165) is 0 Å². The maximum absolute atomic E-state index is 12.4. The first-order valence-corrected chi connectivity index (χ1v) is 9.40. The normalized spacial score (nSPS) is 16.4. The Morgan fingerprint density at radius 1 is 0.963 bits per heavy atom. The molecule has 1 aromatic carbocycles. The molecule has 1 N–H and O–H groups in total. The number of nitrogens with zero attached hydrogens (tertiary/aromatic N) is 1. The smallest absolute Gasteiger partial charge is 0.410 e. The molecule has 1 heterocycles. The van der Waals surface area contributed by atoms with E-state index in [2.05, 4.69) is 5.32 Å². The quantitative estimate of drug-likeness (QED) is 0.738. The first-order valence-electron chi connectivity index (χ1n) is 8.65. The maximum Gasteiger partial charge on any atom is 0.410 e. The summed E-state index contributed by atoms with van der Waals surface area (Å²) < 4.78 is 10.8. The average Bonchev–Trinajstić information content (AvgIpc) is 2.36. The second-order valence-electron chi connectivity index (χ2n) is 8.70. The Morgan fingerprint density at radius 2 is 1.44 bits per heavy atom. The molecule has 2 rings (SSSR count). The number of rotatable bonds is 2. The third kappa shape index (κ3) is 5.91. The zero-order valence-electron chi connectivity index (χ0n) is 16.5. The van der Waals surface area contributed by atoms with Gasteiger partial charge in [-0.3, -0.25) is 0 Å². The van der Waals surface area contributed by atoms with Gasteiger partial charge in [-0.05, 0) is 65.3 Å². The minimum Gasteiger partial charge on any atom is -0.444 e. The summed E-state index contributed by atoms with van der Waals surface area (Å²) in [6.07, 6.45) is -1.03. The van der Waals surface area contributed by atoms with Crippen molar-refractivity contribution in [1.82, 2.24) is 10.2 Å². The Bertz CT molecular complexity index is 712. The van der Waals surface area contributed by atoms with Crippen molar-refractivity contribution in [1.29, 1.82) is 0 Å². The fourth-order valence-corrected chi connectivity index (χ4v) is 3.25. The highest BCUT2D eigenvalue weighted by atomic mass is 35.5. The van der Waals surface area contributed by atoms with Gasteiger partial charge in [-0.15, -0.1) is 0 Å². The third-order valence-corrected chi connectivity index (χ3v) is 4.17. The fraction of sp³-hybridized carbons (Fsp3) is 0.579. The summed E-state index contributed by atoms with van der Waals surface area (Å²) in [6, 6.07) is 5.05. The van der Waals surface area contributed by atoms with Crippen LogP contribution in [0.15, 0.2) is 18.2 Å². The van der Waals surface area contributed by atoms with E-state index in [1.165, 1.54) is 4.90 Å². The highest BCUT2D eigenvalue weighted by Crippen LogP contribution is 2.36. The highest BCUT2D eigenvalue weighted by Gasteiger charge is 2.49. The van der Waals surface area contributed by atoms with Crippen LogP contribution in [0.3, 0.4) is 0 Å². The molecule has 1 saturated heterocycles. The number of nitrogens with one attached hydrogen (secondary N) is 1. The van der Waals surface area contributed by atoms with Crippen LogP contribution in [0.2, 0.25) is 10.0 Å². The number of hydrogen-bond donors (Lipinski definition) is 1. The zero-order chi connectivity index (χ0) is 20.6. The summed E-state index contributed by atoms with van der Waals surface area (Å²) in [4.78, 5) is 26.2. The van der Waals surface area contributed by atoms with E-state index in [0.29, 0.717) is 15.6 Å². The van der Waals surface area contributed by atoms with Gasteiger partial charge < -0.3 is 19.7 Å². The Kier molecular flexibility index (Phi) is 5.93. The summed E-state index contributed by atoms with van der Waals surface area (Å²) >= 11 is 12.3. The third-order valence-electron chi connectivity index (χ3n) is 3.73. The van der Waals surface area contributed by atoms with Crippen molar-refractivity contribution in [2.24, 2.45) is 0 Å². The molecule has 0 aromatic heterocycles.